The largest absolute Gasteiger partial charge is 0.352 e. The lowest BCUT2D eigenvalue weighted by molar-refractivity contribution is -0.122. The first-order valence-corrected chi connectivity index (χ1v) is 8.85. The number of nitrogens with two attached hydrogens (primary N) is 1. The van der Waals surface area contributed by atoms with Crippen molar-refractivity contribution in [2.45, 2.75) is 58.5 Å². The van der Waals surface area contributed by atoms with Gasteiger partial charge in [0.15, 0.2) is 0 Å². The third-order valence-electron chi connectivity index (χ3n) is 4.46. The number of hydrogen-bond donors (Lipinski definition) is 3. The zero-order valence-corrected chi connectivity index (χ0v) is 14.7. The number of hydrogen-bond acceptors (Lipinski definition) is 3. The molecule has 5 heteroatoms. The van der Waals surface area contributed by atoms with Gasteiger partial charge in [-0.15, -0.1) is 0 Å². The van der Waals surface area contributed by atoms with Gasteiger partial charge >= 0.3 is 0 Å². The van der Waals surface area contributed by atoms with E-state index in [0.29, 0.717) is 31.2 Å². The first-order chi connectivity index (χ1) is 11.4. The van der Waals surface area contributed by atoms with Crippen LogP contribution in [0.2, 0.25) is 0 Å². The van der Waals surface area contributed by atoms with E-state index in [1.54, 1.807) is 0 Å². The third-order valence-corrected chi connectivity index (χ3v) is 4.46. The molecule has 5 nitrogen and oxygen atoms in total. The minimum Gasteiger partial charge on any atom is -0.352 e. The number of nitrogens with one attached hydrogen (secondary N) is 2. The number of anilines is 1. The molecule has 0 aromatic heterocycles. The lowest BCUT2D eigenvalue weighted by Gasteiger charge is -2.15. The zero-order chi connectivity index (χ0) is 17.5. The van der Waals surface area contributed by atoms with Gasteiger partial charge in [-0.3, -0.25) is 9.59 Å². The Hall–Kier alpha value is -1.88. The molecule has 2 rings (SSSR count). The molecule has 2 atom stereocenters. The highest BCUT2D eigenvalue weighted by molar-refractivity contribution is 5.90. The fourth-order valence-electron chi connectivity index (χ4n) is 3.17. The number of amides is 2. The molecule has 1 aliphatic rings. The summed E-state index contributed by atoms with van der Waals surface area (Å²) in [5.74, 6) is 0.703. The summed E-state index contributed by atoms with van der Waals surface area (Å²) in [6, 6.07) is 7.76. The molecule has 1 aromatic rings. The summed E-state index contributed by atoms with van der Waals surface area (Å²) in [5.41, 5.74) is 7.76. The lowest BCUT2D eigenvalue weighted by Crippen LogP contribution is -2.31. The highest BCUT2D eigenvalue weighted by atomic mass is 16.2. The van der Waals surface area contributed by atoms with Crippen LogP contribution in [0.4, 0.5) is 5.69 Å². The quantitative estimate of drug-likeness (QED) is 0.718. The highest BCUT2D eigenvalue weighted by Gasteiger charge is 2.25. The van der Waals surface area contributed by atoms with Crippen LogP contribution in [0.5, 0.6) is 0 Å². The van der Waals surface area contributed by atoms with E-state index in [4.69, 9.17) is 5.73 Å². The second kappa shape index (κ2) is 8.83. The third kappa shape index (κ3) is 5.96. The topological polar surface area (TPSA) is 84.2 Å². The van der Waals surface area contributed by atoms with Crippen molar-refractivity contribution in [2.24, 2.45) is 17.6 Å². The van der Waals surface area contributed by atoms with Gasteiger partial charge in [-0.2, -0.15) is 0 Å². The van der Waals surface area contributed by atoms with E-state index < -0.39 is 0 Å². The Morgan fingerprint density at radius 2 is 2.04 bits per heavy atom. The van der Waals surface area contributed by atoms with Gasteiger partial charge < -0.3 is 16.4 Å². The summed E-state index contributed by atoms with van der Waals surface area (Å²) in [5, 5.41) is 5.85. The Bertz CT molecular complexity index is 571. The maximum Gasteiger partial charge on any atom is 0.224 e. The van der Waals surface area contributed by atoms with Crippen LogP contribution in [0.1, 0.15) is 51.5 Å². The number of carbonyl (C=O) groups excluding carboxylic acids is 2. The van der Waals surface area contributed by atoms with Crippen LogP contribution in [-0.4, -0.2) is 17.9 Å². The maximum absolute atomic E-state index is 12.1. The molecule has 24 heavy (non-hydrogen) atoms. The summed E-state index contributed by atoms with van der Waals surface area (Å²) >= 11 is 0. The Morgan fingerprint density at radius 3 is 2.71 bits per heavy atom. The van der Waals surface area contributed by atoms with Gasteiger partial charge in [0.2, 0.25) is 11.8 Å². The molecule has 0 saturated heterocycles. The molecule has 1 aliphatic carbocycles. The molecule has 1 aromatic carbocycles. The summed E-state index contributed by atoms with van der Waals surface area (Å²) in [6.07, 6.45) is 4.20. The molecule has 1 saturated carbocycles. The van der Waals surface area contributed by atoms with Gasteiger partial charge in [0.05, 0.1) is 0 Å². The van der Waals surface area contributed by atoms with Crippen LogP contribution < -0.4 is 16.4 Å². The van der Waals surface area contributed by atoms with Crippen LogP contribution in [0.25, 0.3) is 0 Å². The van der Waals surface area contributed by atoms with E-state index in [9.17, 15) is 9.59 Å². The molecule has 0 spiro atoms. The lowest BCUT2D eigenvalue weighted by atomic mass is 10.00. The predicted octanol–water partition coefficient (Wildman–Crippen LogP) is 2.80. The van der Waals surface area contributed by atoms with Crippen LogP contribution in [0.3, 0.4) is 0 Å². The average Bonchev–Trinajstić information content (AvgIpc) is 2.90. The predicted molar refractivity (Wildman–Crippen MR) is 96.3 cm³/mol. The van der Waals surface area contributed by atoms with Gasteiger partial charge in [-0.1, -0.05) is 32.4 Å². The van der Waals surface area contributed by atoms with E-state index in [0.717, 1.165) is 30.5 Å². The van der Waals surface area contributed by atoms with Crippen molar-refractivity contribution < 1.29 is 9.59 Å². The molecule has 0 heterocycles. The summed E-state index contributed by atoms with van der Waals surface area (Å²) in [6.45, 7) is 4.50. The Labute approximate surface area is 144 Å². The van der Waals surface area contributed by atoms with Gasteiger partial charge in [0.25, 0.3) is 0 Å². The second-order valence-corrected chi connectivity index (χ2v) is 7.18. The van der Waals surface area contributed by atoms with Crippen molar-refractivity contribution in [1.82, 2.24) is 5.32 Å². The molecule has 2 amide bonds. The van der Waals surface area contributed by atoms with Crippen molar-refractivity contribution in [3.63, 3.8) is 0 Å². The molecular weight excluding hydrogens is 302 g/mol. The van der Waals surface area contributed by atoms with Crippen molar-refractivity contribution in [3.05, 3.63) is 29.8 Å². The highest BCUT2D eigenvalue weighted by Crippen LogP contribution is 2.26. The van der Waals surface area contributed by atoms with Crippen LogP contribution in [0, 0.1) is 11.8 Å². The van der Waals surface area contributed by atoms with E-state index in [1.165, 1.54) is 0 Å². The summed E-state index contributed by atoms with van der Waals surface area (Å²) < 4.78 is 0. The van der Waals surface area contributed by atoms with Crippen molar-refractivity contribution in [2.75, 3.05) is 5.32 Å². The van der Waals surface area contributed by atoms with Crippen molar-refractivity contribution in [3.8, 4) is 0 Å². The minimum atomic E-state index is 0.0152. The van der Waals surface area contributed by atoms with E-state index >= 15 is 0 Å². The summed E-state index contributed by atoms with van der Waals surface area (Å²) in [7, 11) is 0. The Kier molecular flexibility index (Phi) is 6.79. The molecule has 1 fully saturated rings. The first kappa shape index (κ1) is 18.5. The monoisotopic (exact) mass is 331 g/mol. The smallest absolute Gasteiger partial charge is 0.224 e. The SMILES string of the molecule is CC(C)CC(=O)Nc1cccc(CNC(=O)C[C@@H]2CCC[C@H]2N)c1. The Morgan fingerprint density at radius 1 is 1.25 bits per heavy atom. The van der Waals surface area contributed by atoms with Gasteiger partial charge in [0, 0.05) is 31.1 Å². The molecule has 0 radical (unpaired) electrons. The van der Waals surface area contributed by atoms with Crippen LogP contribution >= 0.6 is 0 Å². The normalized spacial score (nSPS) is 20.2. The van der Waals surface area contributed by atoms with E-state index in [-0.39, 0.29) is 17.9 Å². The molecule has 132 valence electrons. The molecule has 4 N–H and O–H groups in total. The number of rotatable bonds is 7. The molecule has 0 aliphatic heterocycles. The van der Waals surface area contributed by atoms with Crippen molar-refractivity contribution >= 4 is 17.5 Å². The van der Waals surface area contributed by atoms with Gasteiger partial charge in [0.1, 0.15) is 0 Å². The summed E-state index contributed by atoms with van der Waals surface area (Å²) in [4.78, 5) is 23.9. The number of benzene rings is 1. The van der Waals surface area contributed by atoms with Gasteiger partial charge in [-0.25, -0.2) is 0 Å². The zero-order valence-electron chi connectivity index (χ0n) is 14.7. The maximum atomic E-state index is 12.1. The first-order valence-electron chi connectivity index (χ1n) is 8.85. The van der Waals surface area contributed by atoms with Gasteiger partial charge in [-0.05, 0) is 42.4 Å². The fraction of sp³-hybridized carbons (Fsp3) is 0.579. The molecule has 0 unspecified atom stereocenters. The van der Waals surface area contributed by atoms with E-state index in [2.05, 4.69) is 10.6 Å². The van der Waals surface area contributed by atoms with Crippen LogP contribution in [0.15, 0.2) is 24.3 Å². The molecule has 0 bridgehead atoms. The standard InChI is InChI=1S/C19H29N3O2/c1-13(2)9-19(24)22-16-7-3-5-14(10-16)12-21-18(23)11-15-6-4-8-17(15)20/h3,5,7,10,13,15,17H,4,6,8-9,11-12,20H2,1-2H3,(H,21,23)(H,22,24)/t15-,17+/m0/s1. The number of carbonyl (C=O) groups is 2. The average molecular weight is 331 g/mol. The molecular formula is C19H29N3O2. The Balaban J connectivity index is 1.81. The van der Waals surface area contributed by atoms with Crippen LogP contribution in [-0.2, 0) is 16.1 Å². The second-order valence-electron chi connectivity index (χ2n) is 7.18. The van der Waals surface area contributed by atoms with Crippen molar-refractivity contribution in [1.29, 1.82) is 0 Å². The minimum absolute atomic E-state index is 0.0152. The fourth-order valence-corrected chi connectivity index (χ4v) is 3.17. The van der Waals surface area contributed by atoms with E-state index in [1.807, 2.05) is 38.1 Å².